The molecule has 1 aliphatic rings. The Bertz CT molecular complexity index is 1200. The molecule has 0 fully saturated rings. The molecule has 0 aliphatic carbocycles. The fourth-order valence-corrected chi connectivity index (χ4v) is 4.06. The lowest BCUT2D eigenvalue weighted by Crippen LogP contribution is -2.26. The molecule has 1 aliphatic heterocycles. The van der Waals surface area contributed by atoms with E-state index in [0.29, 0.717) is 36.5 Å². The van der Waals surface area contributed by atoms with Crippen molar-refractivity contribution < 1.29 is 4.74 Å². The van der Waals surface area contributed by atoms with Crippen molar-refractivity contribution in [3.8, 4) is 16.9 Å². The average molecular weight is 406 g/mol. The number of hydrogen-bond donors (Lipinski definition) is 3. The predicted octanol–water partition coefficient (Wildman–Crippen LogP) is 2.29. The van der Waals surface area contributed by atoms with Gasteiger partial charge in [-0.25, -0.2) is 9.97 Å². The van der Waals surface area contributed by atoms with Gasteiger partial charge in [-0.2, -0.15) is 9.97 Å². The van der Waals surface area contributed by atoms with Crippen LogP contribution in [0.25, 0.3) is 21.5 Å². The summed E-state index contributed by atoms with van der Waals surface area (Å²) in [5.74, 6) is 2.02. The van der Waals surface area contributed by atoms with Crippen molar-refractivity contribution in [1.29, 1.82) is 0 Å². The average Bonchev–Trinajstić information content (AvgIpc) is 2.92. The van der Waals surface area contributed by atoms with Crippen LogP contribution in [0.4, 0.5) is 22.7 Å². The van der Waals surface area contributed by atoms with Gasteiger partial charge in [0.2, 0.25) is 5.95 Å². The number of fused-ring (bicyclic) bond motifs is 2. The van der Waals surface area contributed by atoms with Crippen molar-refractivity contribution in [1.82, 2.24) is 19.9 Å². The molecule has 3 aromatic heterocycles. The van der Waals surface area contributed by atoms with Crippen molar-refractivity contribution in [3.63, 3.8) is 0 Å². The van der Waals surface area contributed by atoms with Gasteiger partial charge in [0.1, 0.15) is 34.3 Å². The monoisotopic (exact) mass is 406 g/mol. The molecular formula is C19H18N8OS. The van der Waals surface area contributed by atoms with E-state index in [1.165, 1.54) is 11.3 Å². The predicted molar refractivity (Wildman–Crippen MR) is 115 cm³/mol. The molecular weight excluding hydrogens is 388 g/mol. The van der Waals surface area contributed by atoms with Crippen molar-refractivity contribution in [3.05, 3.63) is 42.1 Å². The maximum Gasteiger partial charge on any atom is 0.223 e. The Morgan fingerprint density at radius 1 is 1.00 bits per heavy atom. The quantitative estimate of drug-likeness (QED) is 0.457. The first-order chi connectivity index (χ1) is 14.0. The molecule has 146 valence electrons. The summed E-state index contributed by atoms with van der Waals surface area (Å²) in [5.41, 5.74) is 21.2. The highest BCUT2D eigenvalue weighted by Crippen LogP contribution is 2.32. The van der Waals surface area contributed by atoms with Crippen molar-refractivity contribution in [2.75, 3.05) is 35.3 Å². The van der Waals surface area contributed by atoms with Gasteiger partial charge in [0.05, 0.1) is 6.54 Å². The normalized spacial score (nSPS) is 13.7. The van der Waals surface area contributed by atoms with Gasteiger partial charge in [-0.3, -0.25) is 0 Å². The molecule has 4 heterocycles. The molecule has 9 nitrogen and oxygen atoms in total. The van der Waals surface area contributed by atoms with Crippen LogP contribution in [0.15, 0.2) is 36.5 Å². The first-order valence-corrected chi connectivity index (χ1v) is 9.80. The van der Waals surface area contributed by atoms with Gasteiger partial charge in [-0.1, -0.05) is 17.4 Å². The molecule has 5 rings (SSSR count). The molecule has 0 saturated carbocycles. The minimum Gasteiger partial charge on any atom is -0.491 e. The fraction of sp³-hybridized carbons (Fsp3) is 0.158. The fourth-order valence-electron chi connectivity index (χ4n) is 3.40. The van der Waals surface area contributed by atoms with Gasteiger partial charge in [-0.15, -0.1) is 0 Å². The molecule has 1 aromatic carbocycles. The zero-order valence-corrected chi connectivity index (χ0v) is 16.2. The lowest BCUT2D eigenvalue weighted by molar-refractivity contribution is 0.331. The molecule has 4 aromatic rings. The maximum absolute atomic E-state index is 5.93. The van der Waals surface area contributed by atoms with E-state index in [4.69, 9.17) is 21.9 Å². The summed E-state index contributed by atoms with van der Waals surface area (Å²) in [7, 11) is 0. The Morgan fingerprint density at radius 3 is 2.76 bits per heavy atom. The van der Waals surface area contributed by atoms with E-state index >= 15 is 0 Å². The summed E-state index contributed by atoms with van der Waals surface area (Å²) in [6.45, 7) is 1.80. The number of rotatable bonds is 2. The first kappa shape index (κ1) is 17.4. The van der Waals surface area contributed by atoms with E-state index in [-0.39, 0.29) is 5.95 Å². The van der Waals surface area contributed by atoms with E-state index in [2.05, 4.69) is 30.9 Å². The summed E-state index contributed by atoms with van der Waals surface area (Å²) >= 11 is 1.38. The van der Waals surface area contributed by atoms with Crippen molar-refractivity contribution in [2.24, 2.45) is 0 Å². The minimum absolute atomic E-state index is 0.154. The first-order valence-electron chi connectivity index (χ1n) is 8.98. The second-order valence-corrected chi connectivity index (χ2v) is 7.71. The molecule has 6 N–H and O–H groups in total. The number of hydrogen-bond acceptors (Lipinski definition) is 10. The van der Waals surface area contributed by atoms with Crippen LogP contribution in [-0.2, 0) is 6.54 Å². The van der Waals surface area contributed by atoms with Crippen LogP contribution in [0.1, 0.15) is 5.56 Å². The Balaban J connectivity index is 1.51. The zero-order chi connectivity index (χ0) is 20.0. The van der Waals surface area contributed by atoms with Crippen LogP contribution in [0.3, 0.4) is 0 Å². The van der Waals surface area contributed by atoms with E-state index in [1.54, 1.807) is 6.07 Å². The standard InChI is InChI=1S/C19H18N8OS/c20-15-7-16(26-18(21)25-15)27-3-4-28-14-2-1-10(5-12(14)9-27)11-6-13-17(23-8-11)29-19(22)24-13/h1-2,5-8H,3-4,9H2,(H2,22,24)(H4,20,21,25,26). The highest BCUT2D eigenvalue weighted by molar-refractivity contribution is 7.21. The van der Waals surface area contributed by atoms with Gasteiger partial charge in [0.25, 0.3) is 0 Å². The number of nitrogens with two attached hydrogens (primary N) is 3. The molecule has 0 saturated heterocycles. The Kier molecular flexibility index (Phi) is 4.06. The Labute approximate surface area is 170 Å². The van der Waals surface area contributed by atoms with Crippen LogP contribution in [0, 0.1) is 0 Å². The van der Waals surface area contributed by atoms with E-state index in [9.17, 15) is 0 Å². The summed E-state index contributed by atoms with van der Waals surface area (Å²) in [5, 5.41) is 0.513. The van der Waals surface area contributed by atoms with Crippen molar-refractivity contribution in [2.45, 2.75) is 6.54 Å². The SMILES string of the molecule is Nc1cc(N2CCOc3ccc(-c4cnc5sc(N)nc5c4)cc3C2)nc(N)n1. The number of aromatic nitrogens is 4. The third-order valence-corrected chi connectivity index (χ3v) is 5.52. The number of ether oxygens (including phenoxy) is 1. The molecule has 0 unspecified atom stereocenters. The van der Waals surface area contributed by atoms with Crippen molar-refractivity contribution >= 4 is 44.4 Å². The summed E-state index contributed by atoms with van der Waals surface area (Å²) in [6, 6.07) is 9.82. The summed E-state index contributed by atoms with van der Waals surface area (Å²) < 4.78 is 5.93. The number of thiazole rings is 1. The molecule has 0 bridgehead atoms. The third kappa shape index (κ3) is 3.34. The van der Waals surface area contributed by atoms with Crippen LogP contribution in [0.5, 0.6) is 5.75 Å². The summed E-state index contributed by atoms with van der Waals surface area (Å²) in [6.07, 6.45) is 1.84. The minimum atomic E-state index is 0.154. The number of pyridine rings is 1. The molecule has 0 amide bonds. The molecule has 0 radical (unpaired) electrons. The number of nitrogens with zero attached hydrogens (tertiary/aromatic N) is 5. The topological polar surface area (TPSA) is 142 Å². The highest BCUT2D eigenvalue weighted by atomic mass is 32.1. The summed E-state index contributed by atoms with van der Waals surface area (Å²) in [4.78, 5) is 20.0. The van der Waals surface area contributed by atoms with Gasteiger partial charge >= 0.3 is 0 Å². The zero-order valence-electron chi connectivity index (χ0n) is 15.4. The van der Waals surface area contributed by atoms with Crippen LogP contribution < -0.4 is 26.8 Å². The second kappa shape index (κ2) is 6.74. The largest absolute Gasteiger partial charge is 0.491 e. The Morgan fingerprint density at radius 2 is 1.90 bits per heavy atom. The second-order valence-electron chi connectivity index (χ2n) is 6.70. The third-order valence-electron chi connectivity index (χ3n) is 4.71. The van der Waals surface area contributed by atoms with Crippen LogP contribution in [0.2, 0.25) is 0 Å². The number of anilines is 4. The highest BCUT2D eigenvalue weighted by Gasteiger charge is 2.19. The molecule has 0 atom stereocenters. The number of benzene rings is 1. The van der Waals surface area contributed by atoms with Crippen LogP contribution >= 0.6 is 11.3 Å². The number of nitrogen functional groups attached to an aromatic ring is 3. The van der Waals surface area contributed by atoms with Gasteiger partial charge < -0.3 is 26.8 Å². The van der Waals surface area contributed by atoms with Gasteiger partial charge in [0.15, 0.2) is 5.13 Å². The smallest absolute Gasteiger partial charge is 0.223 e. The van der Waals surface area contributed by atoms with Gasteiger partial charge in [-0.05, 0) is 23.8 Å². The maximum atomic E-state index is 5.93. The Hall–Kier alpha value is -3.66. The molecule has 29 heavy (non-hydrogen) atoms. The molecule has 0 spiro atoms. The van der Waals surface area contributed by atoms with E-state index < -0.39 is 0 Å². The van der Waals surface area contributed by atoms with E-state index in [1.807, 2.05) is 24.4 Å². The van der Waals surface area contributed by atoms with E-state index in [0.717, 1.165) is 32.8 Å². The van der Waals surface area contributed by atoms with Crippen LogP contribution in [-0.4, -0.2) is 33.1 Å². The lowest BCUT2D eigenvalue weighted by Gasteiger charge is -2.21. The molecule has 10 heteroatoms. The lowest BCUT2D eigenvalue weighted by atomic mass is 10.0. The van der Waals surface area contributed by atoms with Gasteiger partial charge in [0, 0.05) is 29.9 Å².